The summed E-state index contributed by atoms with van der Waals surface area (Å²) in [5.74, 6) is 0.253. The lowest BCUT2D eigenvalue weighted by Crippen LogP contribution is -2.31. The van der Waals surface area contributed by atoms with Crippen LogP contribution in [0.2, 0.25) is 0 Å². The zero-order valence-corrected chi connectivity index (χ0v) is 15.1. The molecule has 0 aromatic heterocycles. The molecule has 0 radical (unpaired) electrons. The van der Waals surface area contributed by atoms with E-state index < -0.39 is 0 Å². The number of esters is 1. The third-order valence-electron chi connectivity index (χ3n) is 3.88. The van der Waals surface area contributed by atoms with Crippen LogP contribution < -0.4 is 4.74 Å². The van der Waals surface area contributed by atoms with E-state index in [0.717, 1.165) is 16.9 Å². The Labute approximate surface area is 153 Å². The zero-order chi connectivity index (χ0) is 18.8. The smallest absolute Gasteiger partial charge is 0.307 e. The number of ether oxygens (including phenoxy) is 2. The van der Waals surface area contributed by atoms with Gasteiger partial charge in [0.05, 0.1) is 20.6 Å². The lowest BCUT2D eigenvalue weighted by atomic mass is 10.2. The fourth-order valence-corrected chi connectivity index (χ4v) is 2.38. The van der Waals surface area contributed by atoms with E-state index >= 15 is 0 Å². The number of carbonyl (C=O) groups is 2. The molecule has 5 nitrogen and oxygen atoms in total. The van der Waals surface area contributed by atoms with Crippen LogP contribution in [0.5, 0.6) is 5.75 Å². The Morgan fingerprint density at radius 3 is 2.31 bits per heavy atom. The predicted molar refractivity (Wildman–Crippen MR) is 101 cm³/mol. The molecule has 2 aromatic carbocycles. The molecule has 0 aliphatic heterocycles. The number of rotatable bonds is 8. The molecule has 0 saturated carbocycles. The van der Waals surface area contributed by atoms with Gasteiger partial charge in [-0.05, 0) is 29.3 Å². The van der Waals surface area contributed by atoms with Gasteiger partial charge in [0.2, 0.25) is 5.91 Å². The zero-order valence-electron chi connectivity index (χ0n) is 15.1. The maximum atomic E-state index is 12.6. The first kappa shape index (κ1) is 19.2. The average molecular weight is 353 g/mol. The summed E-state index contributed by atoms with van der Waals surface area (Å²) in [4.78, 5) is 25.7. The van der Waals surface area contributed by atoms with Crippen LogP contribution in [-0.2, 0) is 20.9 Å². The highest BCUT2D eigenvalue weighted by atomic mass is 16.5. The van der Waals surface area contributed by atoms with Crippen LogP contribution in [0, 0.1) is 0 Å². The molecular formula is C21H23NO4. The van der Waals surface area contributed by atoms with Crippen molar-refractivity contribution in [2.45, 2.75) is 13.0 Å². The molecule has 0 fully saturated rings. The fourth-order valence-electron chi connectivity index (χ4n) is 2.38. The number of hydrogen-bond donors (Lipinski definition) is 0. The molecule has 0 unspecified atom stereocenters. The molecule has 0 bridgehead atoms. The molecule has 0 saturated heterocycles. The normalized spacial score (nSPS) is 10.5. The predicted octanol–water partition coefficient (Wildman–Crippen LogP) is 3.30. The Morgan fingerprint density at radius 1 is 1.00 bits per heavy atom. The Bertz CT molecular complexity index is 738. The Hall–Kier alpha value is -3.08. The van der Waals surface area contributed by atoms with E-state index in [9.17, 15) is 9.59 Å². The van der Waals surface area contributed by atoms with Crippen LogP contribution in [-0.4, -0.2) is 37.5 Å². The van der Waals surface area contributed by atoms with Crippen molar-refractivity contribution in [2.24, 2.45) is 0 Å². The third-order valence-corrected chi connectivity index (χ3v) is 3.88. The summed E-state index contributed by atoms with van der Waals surface area (Å²) in [5.41, 5.74) is 1.90. The maximum Gasteiger partial charge on any atom is 0.307 e. The lowest BCUT2D eigenvalue weighted by Gasteiger charge is -2.21. The largest absolute Gasteiger partial charge is 0.497 e. The first-order chi connectivity index (χ1) is 12.6. The maximum absolute atomic E-state index is 12.6. The van der Waals surface area contributed by atoms with Crippen molar-refractivity contribution in [3.63, 3.8) is 0 Å². The molecule has 136 valence electrons. The summed E-state index contributed by atoms with van der Waals surface area (Å²) in [7, 11) is 2.95. The van der Waals surface area contributed by atoms with Gasteiger partial charge in [-0.2, -0.15) is 0 Å². The quantitative estimate of drug-likeness (QED) is 0.540. The number of nitrogens with zero attached hydrogens (tertiary/aromatic N) is 1. The molecule has 2 aromatic rings. The van der Waals surface area contributed by atoms with Gasteiger partial charge in [0, 0.05) is 19.2 Å². The first-order valence-electron chi connectivity index (χ1n) is 8.34. The van der Waals surface area contributed by atoms with Crippen LogP contribution in [0.3, 0.4) is 0 Å². The van der Waals surface area contributed by atoms with Crippen LogP contribution in [0.1, 0.15) is 17.5 Å². The summed E-state index contributed by atoms with van der Waals surface area (Å²) in [5, 5.41) is 0. The van der Waals surface area contributed by atoms with E-state index in [2.05, 4.69) is 4.74 Å². The van der Waals surface area contributed by atoms with Gasteiger partial charge in [-0.3, -0.25) is 9.59 Å². The van der Waals surface area contributed by atoms with Gasteiger partial charge >= 0.3 is 5.97 Å². The number of amides is 1. The van der Waals surface area contributed by atoms with E-state index in [1.54, 1.807) is 18.1 Å². The van der Waals surface area contributed by atoms with Crippen molar-refractivity contribution in [1.82, 2.24) is 4.90 Å². The summed E-state index contributed by atoms with van der Waals surface area (Å²) in [6.07, 6.45) is 3.44. The van der Waals surface area contributed by atoms with Crippen molar-refractivity contribution >= 4 is 18.0 Å². The van der Waals surface area contributed by atoms with E-state index in [1.807, 2.05) is 54.6 Å². The van der Waals surface area contributed by atoms with Gasteiger partial charge in [-0.1, -0.05) is 42.5 Å². The van der Waals surface area contributed by atoms with Crippen molar-refractivity contribution < 1.29 is 19.1 Å². The highest BCUT2D eigenvalue weighted by Gasteiger charge is 2.14. The van der Waals surface area contributed by atoms with Gasteiger partial charge in [0.25, 0.3) is 0 Å². The van der Waals surface area contributed by atoms with E-state index in [4.69, 9.17) is 4.74 Å². The molecule has 0 heterocycles. The van der Waals surface area contributed by atoms with Crippen molar-refractivity contribution in [3.05, 3.63) is 71.8 Å². The SMILES string of the molecule is COC(=O)CCN(Cc1ccc(OC)cc1)C(=O)/C=C/c1ccccc1. The lowest BCUT2D eigenvalue weighted by molar-refractivity contribution is -0.141. The molecule has 0 spiro atoms. The van der Waals surface area contributed by atoms with Gasteiger partial charge < -0.3 is 14.4 Å². The van der Waals surface area contributed by atoms with Crippen LogP contribution in [0.15, 0.2) is 60.7 Å². The Kier molecular flexibility index (Phi) is 7.43. The molecule has 5 heteroatoms. The van der Waals surface area contributed by atoms with Crippen molar-refractivity contribution in [2.75, 3.05) is 20.8 Å². The monoisotopic (exact) mass is 353 g/mol. The highest BCUT2D eigenvalue weighted by molar-refractivity contribution is 5.92. The minimum atomic E-state index is -0.343. The summed E-state index contributed by atoms with van der Waals surface area (Å²) in [6.45, 7) is 0.690. The molecule has 0 atom stereocenters. The van der Waals surface area contributed by atoms with Crippen molar-refractivity contribution in [1.29, 1.82) is 0 Å². The third kappa shape index (κ3) is 6.09. The molecule has 0 aliphatic carbocycles. The molecule has 1 amide bonds. The van der Waals surface area contributed by atoms with Crippen LogP contribution >= 0.6 is 0 Å². The molecule has 2 rings (SSSR count). The van der Waals surface area contributed by atoms with E-state index in [0.29, 0.717) is 6.54 Å². The number of carbonyl (C=O) groups excluding carboxylic acids is 2. The fraction of sp³-hybridized carbons (Fsp3) is 0.238. The van der Waals surface area contributed by atoms with Gasteiger partial charge in [0.1, 0.15) is 5.75 Å². The summed E-state index contributed by atoms with van der Waals surface area (Å²) in [6, 6.07) is 17.1. The Morgan fingerprint density at radius 2 is 1.69 bits per heavy atom. The highest BCUT2D eigenvalue weighted by Crippen LogP contribution is 2.14. The topological polar surface area (TPSA) is 55.8 Å². The van der Waals surface area contributed by atoms with Gasteiger partial charge in [0.15, 0.2) is 0 Å². The molecule has 0 N–H and O–H groups in total. The summed E-state index contributed by atoms with van der Waals surface area (Å²) >= 11 is 0. The Balaban J connectivity index is 2.09. The second-order valence-corrected chi connectivity index (χ2v) is 5.68. The standard InChI is InChI=1S/C21H23NO4/c1-25-19-11-8-18(9-12-19)16-22(15-14-21(24)26-2)20(23)13-10-17-6-4-3-5-7-17/h3-13H,14-16H2,1-2H3/b13-10+. The van der Waals surface area contributed by atoms with E-state index in [1.165, 1.54) is 13.2 Å². The first-order valence-corrected chi connectivity index (χ1v) is 8.34. The second kappa shape index (κ2) is 10.0. The number of methoxy groups -OCH3 is 2. The van der Waals surface area contributed by atoms with Gasteiger partial charge in [-0.25, -0.2) is 0 Å². The van der Waals surface area contributed by atoms with E-state index in [-0.39, 0.29) is 24.8 Å². The molecular weight excluding hydrogens is 330 g/mol. The van der Waals surface area contributed by atoms with Gasteiger partial charge in [-0.15, -0.1) is 0 Å². The summed E-state index contributed by atoms with van der Waals surface area (Å²) < 4.78 is 9.83. The molecule has 0 aliphatic rings. The number of hydrogen-bond acceptors (Lipinski definition) is 4. The minimum absolute atomic E-state index is 0.150. The number of benzene rings is 2. The molecule has 26 heavy (non-hydrogen) atoms. The van der Waals surface area contributed by atoms with Crippen molar-refractivity contribution in [3.8, 4) is 5.75 Å². The second-order valence-electron chi connectivity index (χ2n) is 5.68. The van der Waals surface area contributed by atoms with Crippen LogP contribution in [0.4, 0.5) is 0 Å². The van der Waals surface area contributed by atoms with Crippen LogP contribution in [0.25, 0.3) is 6.08 Å². The average Bonchev–Trinajstić information content (AvgIpc) is 2.70. The minimum Gasteiger partial charge on any atom is -0.497 e.